The number of para-hydroxylation sites is 1. The van der Waals surface area contributed by atoms with Crippen molar-refractivity contribution in [1.82, 2.24) is 9.29 Å². The van der Waals surface area contributed by atoms with Gasteiger partial charge in [-0.2, -0.15) is 0 Å². The number of nitrogens with zero attached hydrogens (tertiary/aromatic N) is 3. The van der Waals surface area contributed by atoms with Gasteiger partial charge in [0, 0.05) is 19.2 Å². The Morgan fingerprint density at radius 3 is 2.50 bits per heavy atom. The van der Waals surface area contributed by atoms with Gasteiger partial charge in [0.05, 0.1) is 27.9 Å². The number of thiazole rings is 1. The van der Waals surface area contributed by atoms with Gasteiger partial charge in [0.15, 0.2) is 5.13 Å². The van der Waals surface area contributed by atoms with Gasteiger partial charge in [-0.25, -0.2) is 17.7 Å². The first-order chi connectivity index (χ1) is 16.3. The minimum absolute atomic E-state index is 0.163. The number of aromatic nitrogens is 1. The Hall–Kier alpha value is -3.01. The highest BCUT2D eigenvalue weighted by Gasteiger charge is 2.25. The average Bonchev–Trinajstić information content (AvgIpc) is 3.51. The van der Waals surface area contributed by atoms with E-state index in [2.05, 4.69) is 0 Å². The van der Waals surface area contributed by atoms with E-state index in [1.165, 1.54) is 27.8 Å². The fourth-order valence-corrected chi connectivity index (χ4v) is 5.83. The first-order valence-corrected chi connectivity index (χ1v) is 13.3. The van der Waals surface area contributed by atoms with Gasteiger partial charge in [0.25, 0.3) is 5.91 Å². The molecular formula is C25H27N3O4S2. The van der Waals surface area contributed by atoms with Crippen LogP contribution in [0.15, 0.2) is 70.2 Å². The molecule has 0 atom stereocenters. The molecule has 34 heavy (non-hydrogen) atoms. The molecule has 7 nitrogen and oxygen atoms in total. The summed E-state index contributed by atoms with van der Waals surface area (Å²) in [6.07, 6.45) is 3.26. The van der Waals surface area contributed by atoms with Gasteiger partial charge in [-0.15, -0.1) is 0 Å². The highest BCUT2D eigenvalue weighted by Crippen LogP contribution is 2.32. The number of hydrogen-bond acceptors (Lipinski definition) is 6. The highest BCUT2D eigenvalue weighted by atomic mass is 32.2. The molecule has 2 heterocycles. The normalized spacial score (nSPS) is 11.9. The van der Waals surface area contributed by atoms with E-state index in [0.717, 1.165) is 28.6 Å². The van der Waals surface area contributed by atoms with Crippen LogP contribution in [0.5, 0.6) is 0 Å². The minimum atomic E-state index is -3.61. The molecule has 2 aromatic carbocycles. The van der Waals surface area contributed by atoms with Crippen molar-refractivity contribution < 1.29 is 17.6 Å². The predicted octanol–water partition coefficient (Wildman–Crippen LogP) is 5.47. The number of benzene rings is 2. The number of carbonyl (C=O) groups excluding carboxylic acids is 1. The van der Waals surface area contributed by atoms with Crippen LogP contribution < -0.4 is 4.90 Å². The maximum absolute atomic E-state index is 13.6. The fraction of sp³-hybridized carbons (Fsp3) is 0.280. The minimum Gasteiger partial charge on any atom is -0.467 e. The van der Waals surface area contributed by atoms with Crippen LogP contribution in [-0.4, -0.2) is 37.2 Å². The number of fused-ring (bicyclic) bond motifs is 1. The van der Waals surface area contributed by atoms with Crippen molar-refractivity contribution in [1.29, 1.82) is 0 Å². The third kappa shape index (κ3) is 4.91. The second kappa shape index (κ2) is 10.1. The molecule has 0 spiro atoms. The van der Waals surface area contributed by atoms with E-state index in [0.29, 0.717) is 23.0 Å². The number of sulfonamides is 1. The number of carbonyl (C=O) groups is 1. The Bertz CT molecular complexity index is 1380. The number of hydrogen-bond donors (Lipinski definition) is 0. The molecule has 4 aromatic rings. The van der Waals surface area contributed by atoms with Crippen molar-refractivity contribution in [3.05, 3.63) is 77.7 Å². The average molecular weight is 498 g/mol. The highest BCUT2D eigenvalue weighted by molar-refractivity contribution is 7.89. The summed E-state index contributed by atoms with van der Waals surface area (Å²) in [4.78, 5) is 20.0. The smallest absolute Gasteiger partial charge is 0.260 e. The molecule has 178 valence electrons. The van der Waals surface area contributed by atoms with Crippen LogP contribution in [-0.2, 0) is 16.6 Å². The lowest BCUT2D eigenvalue weighted by atomic mass is 10.2. The van der Waals surface area contributed by atoms with Crippen molar-refractivity contribution >= 4 is 42.6 Å². The first-order valence-electron chi connectivity index (χ1n) is 11.1. The Morgan fingerprint density at radius 1 is 1.09 bits per heavy atom. The lowest BCUT2D eigenvalue weighted by Gasteiger charge is -2.20. The van der Waals surface area contributed by atoms with E-state index in [1.54, 1.807) is 42.5 Å². The number of anilines is 1. The van der Waals surface area contributed by atoms with Gasteiger partial charge in [0.2, 0.25) is 10.0 Å². The molecule has 0 fully saturated rings. The number of furan rings is 1. The van der Waals surface area contributed by atoms with Crippen LogP contribution in [0.25, 0.3) is 10.2 Å². The van der Waals surface area contributed by atoms with Crippen molar-refractivity contribution in [2.75, 3.05) is 18.5 Å². The Morgan fingerprint density at radius 2 is 1.85 bits per heavy atom. The van der Waals surface area contributed by atoms with Crippen molar-refractivity contribution in [2.45, 2.75) is 38.1 Å². The van der Waals surface area contributed by atoms with Gasteiger partial charge in [-0.1, -0.05) is 36.8 Å². The zero-order valence-electron chi connectivity index (χ0n) is 19.4. The lowest BCUT2D eigenvalue weighted by molar-refractivity contribution is 0.0983. The molecule has 2 aromatic heterocycles. The number of aryl methyl sites for hydroxylation is 1. The monoisotopic (exact) mass is 497 g/mol. The van der Waals surface area contributed by atoms with Crippen LogP contribution in [0, 0.1) is 6.92 Å². The van der Waals surface area contributed by atoms with Crippen LogP contribution >= 0.6 is 11.3 Å². The molecule has 0 aliphatic heterocycles. The van der Waals surface area contributed by atoms with E-state index in [-0.39, 0.29) is 17.3 Å². The van der Waals surface area contributed by atoms with Crippen LogP contribution in [0.1, 0.15) is 41.4 Å². The van der Waals surface area contributed by atoms with Gasteiger partial charge in [0.1, 0.15) is 5.76 Å². The first kappa shape index (κ1) is 24.1. The standard InChI is InChI=1S/C25H27N3O4S2/c1-4-5-15-27(3)34(30,31)21-13-11-19(12-14-21)24(29)28(17-20-9-7-16-32-20)25-26-23-18(2)8-6-10-22(23)33-25/h6-14,16H,4-5,15,17H2,1-3H3. The maximum atomic E-state index is 13.6. The summed E-state index contributed by atoms with van der Waals surface area (Å²) in [5, 5.41) is 0.557. The summed E-state index contributed by atoms with van der Waals surface area (Å²) in [7, 11) is -2.03. The molecule has 0 aliphatic carbocycles. The molecular weight excluding hydrogens is 470 g/mol. The predicted molar refractivity (Wildman–Crippen MR) is 135 cm³/mol. The second-order valence-electron chi connectivity index (χ2n) is 8.09. The molecule has 0 unspecified atom stereocenters. The fourth-order valence-electron chi connectivity index (χ4n) is 3.58. The molecule has 0 bridgehead atoms. The van der Waals surface area contributed by atoms with Crippen LogP contribution in [0.4, 0.5) is 5.13 Å². The Kier molecular flexibility index (Phi) is 7.16. The molecule has 0 radical (unpaired) electrons. The molecule has 0 saturated carbocycles. The topological polar surface area (TPSA) is 83.7 Å². The summed E-state index contributed by atoms with van der Waals surface area (Å²) in [5.74, 6) is 0.345. The third-order valence-electron chi connectivity index (χ3n) is 5.62. The Labute approximate surface area is 203 Å². The Balaban J connectivity index is 1.65. The van der Waals surface area contributed by atoms with Crippen LogP contribution in [0.2, 0.25) is 0 Å². The lowest BCUT2D eigenvalue weighted by Crippen LogP contribution is -2.30. The van der Waals surface area contributed by atoms with Crippen molar-refractivity contribution in [3.63, 3.8) is 0 Å². The molecule has 1 amide bonds. The molecule has 0 aliphatic rings. The van der Waals surface area contributed by atoms with E-state index in [9.17, 15) is 13.2 Å². The molecule has 9 heteroatoms. The maximum Gasteiger partial charge on any atom is 0.260 e. The van der Waals surface area contributed by atoms with Crippen LogP contribution in [0.3, 0.4) is 0 Å². The molecule has 4 rings (SSSR count). The van der Waals surface area contributed by atoms with Crippen molar-refractivity contribution in [3.8, 4) is 0 Å². The quantitative estimate of drug-likeness (QED) is 0.306. The zero-order valence-corrected chi connectivity index (χ0v) is 21.0. The number of amides is 1. The van der Waals surface area contributed by atoms with Gasteiger partial charge in [-0.3, -0.25) is 9.69 Å². The summed E-state index contributed by atoms with van der Waals surface area (Å²) in [6, 6.07) is 15.6. The second-order valence-corrected chi connectivity index (χ2v) is 11.1. The van der Waals surface area contributed by atoms with E-state index in [4.69, 9.17) is 9.40 Å². The summed E-state index contributed by atoms with van der Waals surface area (Å²) in [5.41, 5.74) is 2.26. The summed E-state index contributed by atoms with van der Waals surface area (Å²) < 4.78 is 33.5. The SMILES string of the molecule is CCCCN(C)S(=O)(=O)c1ccc(C(=O)N(Cc2ccco2)c2nc3c(C)cccc3s2)cc1. The number of rotatable bonds is 9. The number of unbranched alkanes of at least 4 members (excludes halogenated alkanes) is 1. The summed E-state index contributed by atoms with van der Waals surface area (Å²) >= 11 is 1.43. The van der Waals surface area contributed by atoms with E-state index < -0.39 is 10.0 Å². The third-order valence-corrected chi connectivity index (χ3v) is 8.53. The van der Waals surface area contributed by atoms with Gasteiger partial charge >= 0.3 is 0 Å². The van der Waals surface area contributed by atoms with E-state index >= 15 is 0 Å². The van der Waals surface area contributed by atoms with Crippen molar-refractivity contribution in [2.24, 2.45) is 0 Å². The zero-order chi connectivity index (χ0) is 24.3. The largest absolute Gasteiger partial charge is 0.467 e. The summed E-state index contributed by atoms with van der Waals surface area (Å²) in [6.45, 7) is 4.67. The van der Waals surface area contributed by atoms with E-state index in [1.807, 2.05) is 32.0 Å². The van der Waals surface area contributed by atoms with Gasteiger partial charge in [-0.05, 0) is 61.4 Å². The van der Waals surface area contributed by atoms with Gasteiger partial charge < -0.3 is 4.42 Å². The molecule has 0 saturated heterocycles. The molecule has 0 N–H and O–H groups in total.